The Bertz CT molecular complexity index is 876. The molecule has 3 rings (SSSR count). The number of rotatable bonds is 5. The summed E-state index contributed by atoms with van der Waals surface area (Å²) in [5.41, 5.74) is 3.99. The Morgan fingerprint density at radius 1 is 1.00 bits per heavy atom. The second-order valence-electron chi connectivity index (χ2n) is 5.48. The van der Waals surface area contributed by atoms with Gasteiger partial charge in [-0.3, -0.25) is 19.8 Å². The molecule has 1 fully saturated rings. The van der Waals surface area contributed by atoms with Crippen molar-refractivity contribution in [1.29, 1.82) is 0 Å². The molecule has 1 aliphatic heterocycles. The van der Waals surface area contributed by atoms with Crippen molar-refractivity contribution in [3.05, 3.63) is 77.4 Å². The molecule has 2 aromatic carbocycles. The Kier molecular flexibility index (Phi) is 5.19. The van der Waals surface area contributed by atoms with E-state index in [9.17, 15) is 14.4 Å². The molecule has 7 heteroatoms. The Morgan fingerprint density at radius 2 is 1.65 bits per heavy atom. The molecule has 26 heavy (non-hydrogen) atoms. The van der Waals surface area contributed by atoms with Crippen LogP contribution in [0, 0.1) is 0 Å². The number of benzene rings is 2. The van der Waals surface area contributed by atoms with Crippen LogP contribution < -0.4 is 10.7 Å². The first-order chi connectivity index (χ1) is 12.7. The van der Waals surface area contributed by atoms with Gasteiger partial charge in [-0.05, 0) is 17.2 Å². The Hall–Kier alpha value is -3.74. The lowest BCUT2D eigenvalue weighted by Gasteiger charge is -2.29. The Balaban J connectivity index is 2.02. The SMILES string of the molecule is O=CN/N=C1/C(=C\c2ccccc2)C(=O)NC(=O)N1Cc1ccccc1. The number of carbonyl (C=O) groups excluding carboxylic acids is 3. The predicted octanol–water partition coefficient (Wildman–Crippen LogP) is 1.88. The first-order valence-corrected chi connectivity index (χ1v) is 7.90. The molecule has 2 N–H and O–H groups in total. The zero-order valence-electron chi connectivity index (χ0n) is 13.8. The average Bonchev–Trinajstić information content (AvgIpc) is 2.66. The molecule has 0 bridgehead atoms. The number of hydrazone groups is 1. The molecule has 0 radical (unpaired) electrons. The van der Waals surface area contributed by atoms with Gasteiger partial charge in [-0.2, -0.15) is 5.10 Å². The number of carbonyl (C=O) groups is 3. The van der Waals surface area contributed by atoms with Gasteiger partial charge in [0.1, 0.15) is 0 Å². The highest BCUT2D eigenvalue weighted by atomic mass is 16.2. The monoisotopic (exact) mass is 348 g/mol. The first-order valence-electron chi connectivity index (χ1n) is 7.90. The summed E-state index contributed by atoms with van der Waals surface area (Å²) < 4.78 is 0. The highest BCUT2D eigenvalue weighted by Gasteiger charge is 2.34. The number of nitrogens with zero attached hydrogens (tertiary/aromatic N) is 2. The van der Waals surface area contributed by atoms with Gasteiger partial charge in [-0.15, -0.1) is 0 Å². The van der Waals surface area contributed by atoms with Gasteiger partial charge in [0.05, 0.1) is 12.1 Å². The molecular formula is C19H16N4O3. The number of hydrogen-bond donors (Lipinski definition) is 2. The summed E-state index contributed by atoms with van der Waals surface area (Å²) >= 11 is 0. The Labute approximate surface area is 150 Å². The first kappa shape index (κ1) is 17.1. The van der Waals surface area contributed by atoms with Gasteiger partial charge in [-0.25, -0.2) is 10.2 Å². The van der Waals surface area contributed by atoms with E-state index in [0.29, 0.717) is 6.41 Å². The lowest BCUT2D eigenvalue weighted by atomic mass is 10.1. The van der Waals surface area contributed by atoms with Crippen LogP contribution in [0.25, 0.3) is 6.08 Å². The quantitative estimate of drug-likeness (QED) is 0.491. The predicted molar refractivity (Wildman–Crippen MR) is 96.6 cm³/mol. The van der Waals surface area contributed by atoms with Crippen LogP contribution in [0.5, 0.6) is 0 Å². The third-order valence-electron chi connectivity index (χ3n) is 3.72. The molecule has 0 unspecified atom stereocenters. The summed E-state index contributed by atoms with van der Waals surface area (Å²) in [5, 5.41) is 6.24. The van der Waals surface area contributed by atoms with Crippen molar-refractivity contribution in [2.45, 2.75) is 6.54 Å². The van der Waals surface area contributed by atoms with Crippen molar-refractivity contribution < 1.29 is 14.4 Å². The zero-order chi connectivity index (χ0) is 18.4. The van der Waals surface area contributed by atoms with Crippen molar-refractivity contribution in [3.63, 3.8) is 0 Å². The van der Waals surface area contributed by atoms with Gasteiger partial charge in [0.15, 0.2) is 5.84 Å². The van der Waals surface area contributed by atoms with Gasteiger partial charge in [0, 0.05) is 0 Å². The molecule has 0 saturated carbocycles. The van der Waals surface area contributed by atoms with Crippen LogP contribution in [0.1, 0.15) is 11.1 Å². The van der Waals surface area contributed by atoms with E-state index in [1.54, 1.807) is 6.08 Å². The number of imide groups is 1. The molecule has 1 saturated heterocycles. The van der Waals surface area contributed by atoms with Crippen LogP contribution in [0.2, 0.25) is 0 Å². The van der Waals surface area contributed by atoms with E-state index in [0.717, 1.165) is 11.1 Å². The zero-order valence-corrected chi connectivity index (χ0v) is 13.8. The highest BCUT2D eigenvalue weighted by Crippen LogP contribution is 2.18. The molecule has 130 valence electrons. The molecule has 0 atom stereocenters. The normalized spacial score (nSPS) is 17.3. The fraction of sp³-hybridized carbons (Fsp3) is 0.0526. The van der Waals surface area contributed by atoms with Crippen molar-refractivity contribution in [2.24, 2.45) is 5.10 Å². The molecule has 0 spiro atoms. The maximum absolute atomic E-state index is 12.4. The maximum Gasteiger partial charge on any atom is 0.330 e. The van der Waals surface area contributed by atoms with Crippen molar-refractivity contribution >= 4 is 30.3 Å². The minimum absolute atomic E-state index is 0.0820. The van der Waals surface area contributed by atoms with Crippen molar-refractivity contribution in [1.82, 2.24) is 15.6 Å². The largest absolute Gasteiger partial charge is 0.330 e. The number of urea groups is 1. The van der Waals surface area contributed by atoms with Crippen molar-refractivity contribution in [3.8, 4) is 0 Å². The summed E-state index contributed by atoms with van der Waals surface area (Å²) in [6, 6.07) is 17.9. The third kappa shape index (κ3) is 3.84. The lowest BCUT2D eigenvalue weighted by Crippen LogP contribution is -2.54. The number of amidine groups is 1. The van der Waals surface area contributed by atoms with Crippen molar-refractivity contribution in [2.75, 3.05) is 0 Å². The number of amides is 4. The number of nitrogens with one attached hydrogen (secondary N) is 2. The van der Waals surface area contributed by atoms with E-state index in [2.05, 4.69) is 15.8 Å². The van der Waals surface area contributed by atoms with Crippen LogP contribution in [0.15, 0.2) is 71.3 Å². The standard InChI is InChI=1S/C19H16N4O3/c24-13-20-22-17-16(11-14-7-3-1-4-8-14)18(25)21-19(26)23(17)12-15-9-5-2-6-10-15/h1-11,13H,12H2,(H,20,24)(H,21,25,26)/b16-11+,22-17-. The molecule has 4 amide bonds. The minimum Gasteiger partial charge on any atom is -0.277 e. The van der Waals surface area contributed by atoms with Crippen LogP contribution >= 0.6 is 0 Å². The molecule has 7 nitrogen and oxygen atoms in total. The minimum atomic E-state index is -0.601. The summed E-state index contributed by atoms with van der Waals surface area (Å²) in [5.74, 6) is -0.492. The van der Waals surface area contributed by atoms with E-state index < -0.39 is 11.9 Å². The van der Waals surface area contributed by atoms with E-state index in [4.69, 9.17) is 0 Å². The van der Waals surface area contributed by atoms with E-state index in [-0.39, 0.29) is 18.0 Å². The van der Waals surface area contributed by atoms with Gasteiger partial charge >= 0.3 is 6.03 Å². The fourth-order valence-electron chi connectivity index (χ4n) is 2.54. The van der Waals surface area contributed by atoms with E-state index >= 15 is 0 Å². The van der Waals surface area contributed by atoms with Gasteiger partial charge in [0.2, 0.25) is 6.41 Å². The third-order valence-corrected chi connectivity index (χ3v) is 3.72. The second kappa shape index (κ2) is 7.89. The molecular weight excluding hydrogens is 332 g/mol. The van der Waals surface area contributed by atoms with Crippen LogP contribution in [-0.2, 0) is 16.1 Å². The smallest absolute Gasteiger partial charge is 0.277 e. The van der Waals surface area contributed by atoms with E-state index in [1.165, 1.54) is 4.90 Å². The molecule has 1 aliphatic rings. The summed E-state index contributed by atoms with van der Waals surface area (Å²) in [4.78, 5) is 36.7. The summed E-state index contributed by atoms with van der Waals surface area (Å²) in [7, 11) is 0. The summed E-state index contributed by atoms with van der Waals surface area (Å²) in [6.45, 7) is 0.200. The van der Waals surface area contributed by atoms with Crippen LogP contribution in [0.3, 0.4) is 0 Å². The molecule has 2 aromatic rings. The lowest BCUT2D eigenvalue weighted by molar-refractivity contribution is -0.116. The topological polar surface area (TPSA) is 90.9 Å². The van der Waals surface area contributed by atoms with Gasteiger partial charge in [0.25, 0.3) is 5.91 Å². The van der Waals surface area contributed by atoms with E-state index in [1.807, 2.05) is 60.7 Å². The molecule has 0 aromatic heterocycles. The maximum atomic E-state index is 12.4. The Morgan fingerprint density at radius 3 is 2.31 bits per heavy atom. The summed E-state index contributed by atoms with van der Waals surface area (Å²) in [6.07, 6.45) is 2.00. The molecule has 1 heterocycles. The average molecular weight is 348 g/mol. The molecule has 0 aliphatic carbocycles. The van der Waals surface area contributed by atoms with Gasteiger partial charge in [-0.1, -0.05) is 60.7 Å². The fourth-order valence-corrected chi connectivity index (χ4v) is 2.54. The highest BCUT2D eigenvalue weighted by molar-refractivity contribution is 6.32. The van der Waals surface area contributed by atoms with Crippen LogP contribution in [0.4, 0.5) is 4.79 Å². The van der Waals surface area contributed by atoms with Crippen LogP contribution in [-0.4, -0.2) is 29.1 Å². The second-order valence-corrected chi connectivity index (χ2v) is 5.48. The number of hydrogen-bond acceptors (Lipinski definition) is 4. The van der Waals surface area contributed by atoms with Gasteiger partial charge < -0.3 is 0 Å².